The average molecular weight is 263 g/mol. The monoisotopic (exact) mass is 263 g/mol. The second-order valence-electron chi connectivity index (χ2n) is 3.61. The number of esters is 1. The Hall–Kier alpha value is -2.08. The van der Waals surface area contributed by atoms with Crippen LogP contribution < -0.4 is 11.1 Å². The number of nitrogens with zero attached hydrogens (tertiary/aromatic N) is 1. The number of carbonyl (C=O) groups excluding carboxylic acids is 1. The summed E-state index contributed by atoms with van der Waals surface area (Å²) in [6.07, 6.45) is 1.80. The highest BCUT2D eigenvalue weighted by molar-refractivity contribution is 7.09. The SMILES string of the molecule is COC(=O)c1ccc(NCc2cncs2)c(N)c1. The summed E-state index contributed by atoms with van der Waals surface area (Å²) in [5, 5.41) is 3.19. The fraction of sp³-hybridized carbons (Fsp3) is 0.167. The molecule has 0 atom stereocenters. The molecule has 0 saturated carbocycles. The lowest BCUT2D eigenvalue weighted by atomic mass is 10.1. The van der Waals surface area contributed by atoms with Crippen LogP contribution >= 0.6 is 11.3 Å². The molecular weight excluding hydrogens is 250 g/mol. The summed E-state index contributed by atoms with van der Waals surface area (Å²) >= 11 is 1.57. The summed E-state index contributed by atoms with van der Waals surface area (Å²) in [5.41, 5.74) is 9.40. The van der Waals surface area contributed by atoms with Crippen LogP contribution in [-0.4, -0.2) is 18.1 Å². The van der Waals surface area contributed by atoms with Crippen molar-refractivity contribution in [2.45, 2.75) is 6.54 Å². The van der Waals surface area contributed by atoms with Crippen molar-refractivity contribution in [2.24, 2.45) is 0 Å². The van der Waals surface area contributed by atoms with Gasteiger partial charge in [-0.1, -0.05) is 0 Å². The first-order valence-electron chi connectivity index (χ1n) is 5.30. The van der Waals surface area contributed by atoms with Gasteiger partial charge in [0.15, 0.2) is 0 Å². The fourth-order valence-corrected chi connectivity index (χ4v) is 2.01. The van der Waals surface area contributed by atoms with Crippen LogP contribution in [0.15, 0.2) is 29.9 Å². The number of carbonyl (C=O) groups is 1. The molecule has 0 amide bonds. The number of hydrogen-bond acceptors (Lipinski definition) is 6. The molecule has 0 saturated heterocycles. The number of nitrogen functional groups attached to an aromatic ring is 1. The predicted molar refractivity (Wildman–Crippen MR) is 71.6 cm³/mol. The standard InChI is InChI=1S/C12H13N3O2S/c1-17-12(16)8-2-3-11(10(13)4-8)15-6-9-5-14-7-18-9/h2-5,7,15H,6,13H2,1H3. The third-order valence-corrected chi connectivity index (χ3v) is 3.19. The number of nitrogens with two attached hydrogens (primary N) is 1. The van der Waals surface area contributed by atoms with Gasteiger partial charge in [0.1, 0.15) is 0 Å². The van der Waals surface area contributed by atoms with E-state index in [9.17, 15) is 4.79 Å². The summed E-state index contributed by atoms with van der Waals surface area (Å²) in [4.78, 5) is 16.4. The molecule has 0 fully saturated rings. The van der Waals surface area contributed by atoms with Crippen molar-refractivity contribution in [1.82, 2.24) is 4.98 Å². The first-order valence-corrected chi connectivity index (χ1v) is 6.17. The van der Waals surface area contributed by atoms with E-state index in [4.69, 9.17) is 5.73 Å². The van der Waals surface area contributed by atoms with E-state index < -0.39 is 5.97 Å². The molecule has 94 valence electrons. The van der Waals surface area contributed by atoms with Crippen molar-refractivity contribution < 1.29 is 9.53 Å². The lowest BCUT2D eigenvalue weighted by Gasteiger charge is -2.09. The fourth-order valence-electron chi connectivity index (χ4n) is 1.48. The van der Waals surface area contributed by atoms with Crippen molar-refractivity contribution in [2.75, 3.05) is 18.2 Å². The van der Waals surface area contributed by atoms with Gasteiger partial charge in [0.2, 0.25) is 0 Å². The second kappa shape index (κ2) is 5.50. The minimum atomic E-state index is -0.393. The van der Waals surface area contributed by atoms with Gasteiger partial charge >= 0.3 is 5.97 Å². The normalized spacial score (nSPS) is 10.1. The second-order valence-corrected chi connectivity index (χ2v) is 4.59. The molecular formula is C12H13N3O2S. The van der Waals surface area contributed by atoms with Gasteiger partial charge in [0.25, 0.3) is 0 Å². The van der Waals surface area contributed by atoms with E-state index in [1.807, 2.05) is 0 Å². The van der Waals surface area contributed by atoms with Gasteiger partial charge in [0.05, 0.1) is 36.1 Å². The molecule has 1 aromatic carbocycles. The number of thiazole rings is 1. The van der Waals surface area contributed by atoms with Gasteiger partial charge in [-0.3, -0.25) is 4.98 Å². The van der Waals surface area contributed by atoms with Crippen LogP contribution in [0, 0.1) is 0 Å². The first kappa shape index (κ1) is 12.4. The van der Waals surface area contributed by atoms with Crippen molar-refractivity contribution in [3.8, 4) is 0 Å². The van der Waals surface area contributed by atoms with Gasteiger partial charge in [-0.2, -0.15) is 0 Å². The number of benzene rings is 1. The Morgan fingerprint density at radius 2 is 2.39 bits per heavy atom. The number of methoxy groups -OCH3 is 1. The van der Waals surface area contributed by atoms with Crippen LogP contribution in [0.3, 0.4) is 0 Å². The number of ether oxygens (including phenoxy) is 1. The topological polar surface area (TPSA) is 77.2 Å². The molecule has 0 aliphatic rings. The van der Waals surface area contributed by atoms with Gasteiger partial charge in [-0.25, -0.2) is 4.79 Å². The van der Waals surface area contributed by atoms with E-state index in [1.54, 1.807) is 41.2 Å². The van der Waals surface area contributed by atoms with Crippen LogP contribution in [0.1, 0.15) is 15.2 Å². The summed E-state index contributed by atoms with van der Waals surface area (Å²) in [7, 11) is 1.34. The van der Waals surface area contributed by atoms with Crippen molar-refractivity contribution in [3.63, 3.8) is 0 Å². The lowest BCUT2D eigenvalue weighted by Crippen LogP contribution is -2.05. The number of nitrogens with one attached hydrogen (secondary N) is 1. The number of anilines is 2. The molecule has 2 rings (SSSR count). The van der Waals surface area contributed by atoms with Crippen LogP contribution in [0.25, 0.3) is 0 Å². The smallest absolute Gasteiger partial charge is 0.337 e. The summed E-state index contributed by atoms with van der Waals surface area (Å²) < 4.78 is 4.63. The highest BCUT2D eigenvalue weighted by Gasteiger charge is 2.07. The van der Waals surface area contributed by atoms with Gasteiger partial charge < -0.3 is 15.8 Å². The van der Waals surface area contributed by atoms with E-state index in [2.05, 4.69) is 15.0 Å². The van der Waals surface area contributed by atoms with E-state index in [1.165, 1.54) is 7.11 Å². The Morgan fingerprint density at radius 3 is 3.00 bits per heavy atom. The third-order valence-electron chi connectivity index (χ3n) is 2.41. The number of aromatic nitrogens is 1. The lowest BCUT2D eigenvalue weighted by molar-refractivity contribution is 0.0601. The van der Waals surface area contributed by atoms with Crippen LogP contribution in [0.2, 0.25) is 0 Å². The van der Waals surface area contributed by atoms with Crippen molar-refractivity contribution >= 4 is 28.7 Å². The molecule has 0 aliphatic heterocycles. The van der Waals surface area contributed by atoms with E-state index in [0.717, 1.165) is 10.6 Å². The van der Waals surface area contributed by atoms with Crippen molar-refractivity contribution in [3.05, 3.63) is 40.3 Å². The van der Waals surface area contributed by atoms with Crippen LogP contribution in [0.5, 0.6) is 0 Å². The molecule has 0 aliphatic carbocycles. The zero-order valence-corrected chi connectivity index (χ0v) is 10.7. The molecule has 3 N–H and O–H groups in total. The summed E-state index contributed by atoms with van der Waals surface area (Å²) in [5.74, 6) is -0.393. The molecule has 5 nitrogen and oxygen atoms in total. The summed E-state index contributed by atoms with van der Waals surface area (Å²) in [6, 6.07) is 5.04. The zero-order valence-electron chi connectivity index (χ0n) is 9.84. The highest BCUT2D eigenvalue weighted by Crippen LogP contribution is 2.21. The molecule has 6 heteroatoms. The van der Waals surface area contributed by atoms with Crippen LogP contribution in [0.4, 0.5) is 11.4 Å². The molecule has 1 heterocycles. The van der Waals surface area contributed by atoms with Crippen LogP contribution in [-0.2, 0) is 11.3 Å². The largest absolute Gasteiger partial charge is 0.465 e. The van der Waals surface area contributed by atoms with E-state index >= 15 is 0 Å². The molecule has 2 aromatic rings. The molecule has 0 radical (unpaired) electrons. The number of hydrogen-bond donors (Lipinski definition) is 2. The van der Waals surface area contributed by atoms with Gasteiger partial charge in [-0.15, -0.1) is 11.3 Å². The van der Waals surface area contributed by atoms with Gasteiger partial charge in [-0.05, 0) is 18.2 Å². The Bertz CT molecular complexity index is 540. The van der Waals surface area contributed by atoms with Gasteiger partial charge in [0, 0.05) is 11.1 Å². The highest BCUT2D eigenvalue weighted by atomic mass is 32.1. The molecule has 0 spiro atoms. The molecule has 18 heavy (non-hydrogen) atoms. The zero-order chi connectivity index (χ0) is 13.0. The maximum atomic E-state index is 11.3. The Kier molecular flexibility index (Phi) is 3.78. The molecule has 0 bridgehead atoms. The van der Waals surface area contributed by atoms with E-state index in [0.29, 0.717) is 17.8 Å². The maximum absolute atomic E-state index is 11.3. The molecule has 1 aromatic heterocycles. The molecule has 0 unspecified atom stereocenters. The Labute approximate surface area is 109 Å². The Balaban J connectivity index is 2.08. The summed E-state index contributed by atoms with van der Waals surface area (Å²) in [6.45, 7) is 0.659. The quantitative estimate of drug-likeness (QED) is 0.652. The van der Waals surface area contributed by atoms with Crippen molar-refractivity contribution in [1.29, 1.82) is 0 Å². The third kappa shape index (κ3) is 2.78. The average Bonchev–Trinajstić information content (AvgIpc) is 2.89. The number of rotatable bonds is 4. The predicted octanol–water partition coefficient (Wildman–Crippen LogP) is 2.12. The minimum Gasteiger partial charge on any atom is -0.465 e. The van der Waals surface area contributed by atoms with E-state index in [-0.39, 0.29) is 0 Å². The maximum Gasteiger partial charge on any atom is 0.337 e. The Morgan fingerprint density at radius 1 is 1.56 bits per heavy atom. The minimum absolute atomic E-state index is 0.393. The first-order chi connectivity index (χ1) is 8.70.